The van der Waals surface area contributed by atoms with Gasteiger partial charge >= 0.3 is 0 Å². The number of Topliss-reactive ketones (excluding diaryl/α,β-unsaturated/α-hetero) is 1. The topological polar surface area (TPSA) is 32.9 Å². The number of hydrogen-bond acceptors (Lipinski definition) is 1. The van der Waals surface area contributed by atoms with E-state index in [1.807, 2.05) is 0 Å². The average molecular weight is 335 g/mol. The van der Waals surface area contributed by atoms with Crippen molar-refractivity contribution < 1.29 is 4.79 Å². The van der Waals surface area contributed by atoms with E-state index in [-0.39, 0.29) is 10.8 Å². The molecule has 2 aromatic rings. The third kappa shape index (κ3) is 2.41. The maximum absolute atomic E-state index is 12.6. The van der Waals surface area contributed by atoms with E-state index < -0.39 is 0 Å². The SMILES string of the molecule is C=C1CC[C@H]2C(C)(C)C(=O)CC[C@]2(C)[C@H]1Cc1c[nH]c2ccccc12. The highest BCUT2D eigenvalue weighted by atomic mass is 16.1. The zero-order chi connectivity index (χ0) is 17.8. The Morgan fingerprint density at radius 3 is 2.76 bits per heavy atom. The number of nitrogens with one attached hydrogen (secondary N) is 1. The monoisotopic (exact) mass is 335 g/mol. The predicted octanol–water partition coefficient (Wildman–Crippen LogP) is 5.69. The minimum Gasteiger partial charge on any atom is -0.361 e. The van der Waals surface area contributed by atoms with Crippen LogP contribution in [0, 0.1) is 22.7 Å². The second kappa shape index (κ2) is 5.59. The molecule has 1 heterocycles. The molecule has 0 unspecified atom stereocenters. The predicted molar refractivity (Wildman–Crippen MR) is 103 cm³/mol. The molecule has 0 spiro atoms. The van der Waals surface area contributed by atoms with Crippen LogP contribution in [0.5, 0.6) is 0 Å². The number of benzene rings is 1. The van der Waals surface area contributed by atoms with Crippen molar-refractivity contribution in [3.05, 3.63) is 48.2 Å². The Kier molecular flexibility index (Phi) is 3.72. The van der Waals surface area contributed by atoms with Gasteiger partial charge in [0, 0.05) is 28.9 Å². The van der Waals surface area contributed by atoms with Gasteiger partial charge in [-0.25, -0.2) is 0 Å². The second-order valence-corrected chi connectivity index (χ2v) is 9.02. The number of carbonyl (C=O) groups excluding carboxylic acids is 1. The fourth-order valence-electron chi connectivity index (χ4n) is 5.87. The first-order valence-electron chi connectivity index (χ1n) is 9.60. The number of allylic oxidation sites excluding steroid dienone is 1. The van der Waals surface area contributed by atoms with E-state index >= 15 is 0 Å². The summed E-state index contributed by atoms with van der Waals surface area (Å²) in [7, 11) is 0. The third-order valence-corrected chi connectivity index (χ3v) is 7.42. The van der Waals surface area contributed by atoms with Gasteiger partial charge in [0.15, 0.2) is 0 Å². The molecular weight excluding hydrogens is 306 g/mol. The summed E-state index contributed by atoms with van der Waals surface area (Å²) in [5, 5.41) is 1.33. The molecule has 0 bridgehead atoms. The highest BCUT2D eigenvalue weighted by molar-refractivity contribution is 5.86. The van der Waals surface area contributed by atoms with E-state index in [1.54, 1.807) is 0 Å². The van der Waals surface area contributed by atoms with Gasteiger partial charge in [-0.1, -0.05) is 51.1 Å². The lowest BCUT2D eigenvalue weighted by atomic mass is 9.46. The summed E-state index contributed by atoms with van der Waals surface area (Å²) in [6, 6.07) is 8.54. The number of carbonyl (C=O) groups is 1. The molecule has 0 radical (unpaired) electrons. The molecule has 25 heavy (non-hydrogen) atoms. The van der Waals surface area contributed by atoms with Gasteiger partial charge in [-0.05, 0) is 54.6 Å². The molecule has 2 fully saturated rings. The van der Waals surface area contributed by atoms with E-state index in [4.69, 9.17) is 0 Å². The zero-order valence-corrected chi connectivity index (χ0v) is 15.7. The number of rotatable bonds is 2. The first kappa shape index (κ1) is 16.6. The van der Waals surface area contributed by atoms with Gasteiger partial charge in [0.2, 0.25) is 0 Å². The zero-order valence-electron chi connectivity index (χ0n) is 15.7. The van der Waals surface area contributed by atoms with Crippen LogP contribution in [0.1, 0.15) is 52.0 Å². The Bertz CT molecular complexity index is 843. The number of hydrogen-bond donors (Lipinski definition) is 1. The molecule has 2 nitrogen and oxygen atoms in total. The summed E-state index contributed by atoms with van der Waals surface area (Å²) in [4.78, 5) is 16.0. The van der Waals surface area contributed by atoms with Gasteiger partial charge in [0.1, 0.15) is 5.78 Å². The van der Waals surface area contributed by atoms with Crippen molar-refractivity contribution in [1.82, 2.24) is 4.98 Å². The third-order valence-electron chi connectivity index (χ3n) is 7.42. The Hall–Kier alpha value is -1.83. The maximum atomic E-state index is 12.6. The summed E-state index contributed by atoms with van der Waals surface area (Å²) in [5.41, 5.74) is 3.95. The van der Waals surface area contributed by atoms with Crippen LogP contribution in [0.4, 0.5) is 0 Å². The van der Waals surface area contributed by atoms with Crippen LogP contribution in [-0.2, 0) is 11.2 Å². The summed E-state index contributed by atoms with van der Waals surface area (Å²) in [6.45, 7) is 11.2. The van der Waals surface area contributed by atoms with Crippen molar-refractivity contribution in [3.8, 4) is 0 Å². The van der Waals surface area contributed by atoms with E-state index in [1.165, 1.54) is 22.0 Å². The van der Waals surface area contributed by atoms with E-state index in [9.17, 15) is 4.79 Å². The van der Waals surface area contributed by atoms with Crippen LogP contribution < -0.4 is 0 Å². The lowest BCUT2D eigenvalue weighted by molar-refractivity contribution is -0.144. The number of fused-ring (bicyclic) bond motifs is 2. The Labute approximate surface area is 150 Å². The molecule has 132 valence electrons. The lowest BCUT2D eigenvalue weighted by Crippen LogP contribution is -2.53. The van der Waals surface area contributed by atoms with Gasteiger partial charge in [-0.2, -0.15) is 0 Å². The largest absolute Gasteiger partial charge is 0.361 e. The number of para-hydroxylation sites is 1. The van der Waals surface area contributed by atoms with Gasteiger partial charge < -0.3 is 4.98 Å². The molecule has 2 aliphatic carbocycles. The number of aromatic amines is 1. The molecule has 0 aliphatic heterocycles. The molecule has 2 saturated carbocycles. The summed E-state index contributed by atoms with van der Waals surface area (Å²) in [6.07, 6.45) is 7.09. The lowest BCUT2D eigenvalue weighted by Gasteiger charge is -2.57. The summed E-state index contributed by atoms with van der Waals surface area (Å²) < 4.78 is 0. The van der Waals surface area contributed by atoms with Crippen LogP contribution >= 0.6 is 0 Å². The smallest absolute Gasteiger partial charge is 0.138 e. The minimum absolute atomic E-state index is 0.172. The van der Waals surface area contributed by atoms with Crippen LogP contribution in [-0.4, -0.2) is 10.8 Å². The Balaban J connectivity index is 1.72. The van der Waals surface area contributed by atoms with Crippen molar-refractivity contribution in [2.45, 2.75) is 52.9 Å². The van der Waals surface area contributed by atoms with Crippen molar-refractivity contribution in [2.75, 3.05) is 0 Å². The van der Waals surface area contributed by atoms with Gasteiger partial charge in [-0.15, -0.1) is 0 Å². The van der Waals surface area contributed by atoms with E-state index in [2.05, 4.69) is 62.8 Å². The molecule has 1 aromatic heterocycles. The standard InChI is InChI=1S/C23H29NO/c1-15-9-10-20-22(2,3)21(25)11-12-23(20,4)18(15)13-16-14-24-19-8-6-5-7-17(16)19/h5-8,14,18,20,24H,1,9-13H2,2-4H3/t18-,20-,23+/m0/s1. The van der Waals surface area contributed by atoms with Crippen molar-refractivity contribution in [1.29, 1.82) is 0 Å². The Morgan fingerprint density at radius 2 is 1.96 bits per heavy atom. The second-order valence-electron chi connectivity index (χ2n) is 9.02. The van der Waals surface area contributed by atoms with Crippen LogP contribution in [0.25, 0.3) is 10.9 Å². The average Bonchev–Trinajstić information content (AvgIpc) is 2.98. The first-order chi connectivity index (χ1) is 11.8. The first-order valence-corrected chi connectivity index (χ1v) is 9.60. The molecule has 4 rings (SSSR count). The molecule has 0 saturated heterocycles. The fraction of sp³-hybridized carbons (Fsp3) is 0.522. The summed E-state index contributed by atoms with van der Waals surface area (Å²) >= 11 is 0. The molecule has 1 N–H and O–H groups in total. The molecule has 1 aromatic carbocycles. The molecule has 2 aliphatic rings. The van der Waals surface area contributed by atoms with Crippen molar-refractivity contribution in [3.63, 3.8) is 0 Å². The van der Waals surface area contributed by atoms with Gasteiger partial charge in [0.05, 0.1) is 0 Å². The molecule has 2 heteroatoms. The van der Waals surface area contributed by atoms with Crippen molar-refractivity contribution >= 4 is 16.7 Å². The van der Waals surface area contributed by atoms with E-state index in [0.29, 0.717) is 17.6 Å². The van der Waals surface area contributed by atoms with Crippen LogP contribution in [0.2, 0.25) is 0 Å². The minimum atomic E-state index is -0.202. The van der Waals surface area contributed by atoms with E-state index in [0.717, 1.165) is 32.1 Å². The summed E-state index contributed by atoms with van der Waals surface area (Å²) in [5.74, 6) is 1.37. The maximum Gasteiger partial charge on any atom is 0.138 e. The number of ketones is 1. The van der Waals surface area contributed by atoms with Crippen LogP contribution in [0.3, 0.4) is 0 Å². The van der Waals surface area contributed by atoms with Gasteiger partial charge in [-0.3, -0.25) is 4.79 Å². The molecule has 3 atom stereocenters. The quantitative estimate of drug-likeness (QED) is 0.703. The highest BCUT2D eigenvalue weighted by Crippen LogP contribution is 2.60. The highest BCUT2D eigenvalue weighted by Gasteiger charge is 2.55. The number of H-pyrrole nitrogens is 1. The Morgan fingerprint density at radius 1 is 1.20 bits per heavy atom. The fourth-order valence-corrected chi connectivity index (χ4v) is 5.87. The van der Waals surface area contributed by atoms with Crippen LogP contribution in [0.15, 0.2) is 42.6 Å². The van der Waals surface area contributed by atoms with Gasteiger partial charge in [0.25, 0.3) is 0 Å². The normalized spacial score (nSPS) is 32.0. The molecular formula is C23H29NO. The number of aromatic nitrogens is 1. The van der Waals surface area contributed by atoms with Crippen molar-refractivity contribution in [2.24, 2.45) is 22.7 Å². The molecule has 0 amide bonds.